The molecule has 0 bridgehead atoms. The second-order valence-electron chi connectivity index (χ2n) is 2.95. The van der Waals surface area contributed by atoms with Gasteiger partial charge in [-0.3, -0.25) is 0 Å². The quantitative estimate of drug-likeness (QED) is 0.431. The number of allylic oxidation sites excluding steroid dienone is 2. The predicted octanol–water partition coefficient (Wildman–Crippen LogP) is 2.38. The summed E-state index contributed by atoms with van der Waals surface area (Å²) in [6.07, 6.45) is 3.60. The van der Waals surface area contributed by atoms with Gasteiger partial charge in [-0.25, -0.2) is 9.79 Å². The van der Waals surface area contributed by atoms with Crippen LogP contribution >= 0.6 is 0 Å². The summed E-state index contributed by atoms with van der Waals surface area (Å²) < 4.78 is 5.04. The van der Waals surface area contributed by atoms with Gasteiger partial charge in [0.2, 0.25) is 5.88 Å². The maximum Gasteiger partial charge on any atom is 0.336 e. The monoisotopic (exact) mass is 211 g/mol. The molecule has 0 saturated heterocycles. The molecule has 0 aliphatic heterocycles. The maximum absolute atomic E-state index is 10.7. The number of carboxylic acids is 1. The van der Waals surface area contributed by atoms with E-state index in [0.29, 0.717) is 5.88 Å². The molecule has 0 fully saturated rings. The Bertz CT molecular complexity index is 314. The van der Waals surface area contributed by atoms with Gasteiger partial charge in [-0.15, -0.1) is 0 Å². The zero-order valence-electron chi connectivity index (χ0n) is 9.57. The molecule has 0 aromatic rings. The first-order valence-electron chi connectivity index (χ1n) is 4.74. The number of hydrogen-bond donors (Lipinski definition) is 1. The van der Waals surface area contributed by atoms with Crippen molar-refractivity contribution in [2.24, 2.45) is 4.99 Å². The predicted molar refractivity (Wildman–Crippen MR) is 59.9 cm³/mol. The molecule has 0 radical (unpaired) electrons. The van der Waals surface area contributed by atoms with Gasteiger partial charge in [0.05, 0.1) is 12.7 Å². The van der Waals surface area contributed by atoms with Gasteiger partial charge >= 0.3 is 5.97 Å². The van der Waals surface area contributed by atoms with Gasteiger partial charge in [0.25, 0.3) is 0 Å². The Morgan fingerprint density at radius 2 is 2.13 bits per heavy atom. The van der Waals surface area contributed by atoms with Crippen molar-refractivity contribution in [3.8, 4) is 0 Å². The molecule has 1 N–H and O–H groups in total. The highest BCUT2D eigenvalue weighted by atomic mass is 16.5. The van der Waals surface area contributed by atoms with Crippen molar-refractivity contribution >= 4 is 12.2 Å². The van der Waals surface area contributed by atoms with Crippen LogP contribution in [0.2, 0.25) is 0 Å². The highest BCUT2D eigenvalue weighted by molar-refractivity contribution is 6.08. The SMILES string of the molecule is C\C=C(/C=N/C(OC)=C(\C)CC)C(=O)O. The van der Waals surface area contributed by atoms with Crippen molar-refractivity contribution in [1.82, 2.24) is 0 Å². The summed E-state index contributed by atoms with van der Waals surface area (Å²) in [5, 5.41) is 8.74. The standard InChI is InChI=1S/C11H17NO3/c1-5-8(3)10(15-4)12-7-9(6-2)11(13)14/h6-7H,5H2,1-4H3,(H,13,14)/b9-6+,10-8-,12-7+. The molecule has 0 saturated carbocycles. The topological polar surface area (TPSA) is 58.9 Å². The fraction of sp³-hybridized carbons (Fsp3) is 0.455. The first-order chi connectivity index (χ1) is 7.06. The van der Waals surface area contributed by atoms with Gasteiger partial charge in [-0.2, -0.15) is 0 Å². The largest absolute Gasteiger partial charge is 0.481 e. The second-order valence-corrected chi connectivity index (χ2v) is 2.95. The molecule has 84 valence electrons. The molecule has 0 rings (SSSR count). The summed E-state index contributed by atoms with van der Waals surface area (Å²) in [6.45, 7) is 5.53. The average Bonchev–Trinajstić information content (AvgIpc) is 2.23. The van der Waals surface area contributed by atoms with Crippen LogP contribution in [-0.4, -0.2) is 24.4 Å². The Kier molecular flexibility index (Phi) is 6.09. The number of ether oxygens (including phenoxy) is 1. The third-order valence-corrected chi connectivity index (χ3v) is 1.97. The average molecular weight is 211 g/mol. The first kappa shape index (κ1) is 13.4. The van der Waals surface area contributed by atoms with E-state index >= 15 is 0 Å². The molecule has 0 aromatic heterocycles. The molecule has 0 aliphatic carbocycles. The molecule has 0 heterocycles. The van der Waals surface area contributed by atoms with Crippen LogP contribution in [0, 0.1) is 0 Å². The molecular weight excluding hydrogens is 194 g/mol. The molecule has 4 nitrogen and oxygen atoms in total. The second kappa shape index (κ2) is 6.81. The molecule has 0 atom stereocenters. The van der Waals surface area contributed by atoms with Crippen molar-refractivity contribution in [3.05, 3.63) is 23.1 Å². The van der Waals surface area contributed by atoms with E-state index in [4.69, 9.17) is 9.84 Å². The van der Waals surface area contributed by atoms with Crippen molar-refractivity contribution in [2.75, 3.05) is 7.11 Å². The number of hydrogen-bond acceptors (Lipinski definition) is 3. The number of aliphatic carboxylic acids is 1. The zero-order chi connectivity index (χ0) is 11.8. The Labute approximate surface area is 90.0 Å². The van der Waals surface area contributed by atoms with Crippen LogP contribution in [-0.2, 0) is 9.53 Å². The number of aliphatic imine (C=N–C) groups is 1. The molecule has 0 spiro atoms. The smallest absolute Gasteiger partial charge is 0.336 e. The molecule has 0 aliphatic rings. The minimum atomic E-state index is -0.995. The Morgan fingerprint density at radius 1 is 1.53 bits per heavy atom. The molecule has 0 unspecified atom stereocenters. The van der Waals surface area contributed by atoms with E-state index in [1.807, 2.05) is 13.8 Å². The molecule has 15 heavy (non-hydrogen) atoms. The Hall–Kier alpha value is -1.58. The number of carboxylic acid groups (broad SMARTS) is 1. The van der Waals surface area contributed by atoms with Gasteiger partial charge < -0.3 is 9.84 Å². The number of nitrogens with zero attached hydrogens (tertiary/aromatic N) is 1. The summed E-state index contributed by atoms with van der Waals surface area (Å²) in [5.74, 6) is -0.524. The van der Waals surface area contributed by atoms with Gasteiger partial charge in [-0.1, -0.05) is 13.0 Å². The minimum absolute atomic E-state index is 0.147. The van der Waals surface area contributed by atoms with Crippen molar-refractivity contribution < 1.29 is 14.6 Å². The number of methoxy groups -OCH3 is 1. The van der Waals surface area contributed by atoms with Crippen LogP contribution in [0.15, 0.2) is 28.1 Å². The van der Waals surface area contributed by atoms with E-state index in [9.17, 15) is 4.79 Å². The van der Waals surface area contributed by atoms with Gasteiger partial charge in [0, 0.05) is 6.21 Å². The van der Waals surface area contributed by atoms with Crippen LogP contribution in [0.5, 0.6) is 0 Å². The summed E-state index contributed by atoms with van der Waals surface area (Å²) >= 11 is 0. The minimum Gasteiger partial charge on any atom is -0.481 e. The van der Waals surface area contributed by atoms with Crippen LogP contribution in [0.4, 0.5) is 0 Å². The first-order valence-corrected chi connectivity index (χ1v) is 4.74. The maximum atomic E-state index is 10.7. The summed E-state index contributed by atoms with van der Waals surface area (Å²) in [4.78, 5) is 14.6. The van der Waals surface area contributed by atoms with Crippen LogP contribution < -0.4 is 0 Å². The van der Waals surface area contributed by atoms with E-state index in [1.54, 1.807) is 6.92 Å². The van der Waals surface area contributed by atoms with Crippen LogP contribution in [0.3, 0.4) is 0 Å². The Balaban J connectivity index is 4.84. The molecular formula is C11H17NO3. The van der Waals surface area contributed by atoms with E-state index in [1.165, 1.54) is 19.4 Å². The number of carbonyl (C=O) groups is 1. The summed E-state index contributed by atoms with van der Waals surface area (Å²) in [7, 11) is 1.52. The van der Waals surface area contributed by atoms with Crippen LogP contribution in [0.25, 0.3) is 0 Å². The fourth-order valence-electron chi connectivity index (χ4n) is 0.870. The van der Waals surface area contributed by atoms with Crippen molar-refractivity contribution in [2.45, 2.75) is 27.2 Å². The highest BCUT2D eigenvalue weighted by Gasteiger charge is 2.03. The van der Waals surface area contributed by atoms with E-state index in [2.05, 4.69) is 4.99 Å². The van der Waals surface area contributed by atoms with Gasteiger partial charge in [-0.05, 0) is 25.8 Å². The third-order valence-electron chi connectivity index (χ3n) is 1.97. The molecule has 0 aromatic carbocycles. The number of rotatable bonds is 5. The molecule has 4 heteroatoms. The lowest BCUT2D eigenvalue weighted by atomic mass is 10.2. The normalized spacial score (nSPS) is 14.0. The Morgan fingerprint density at radius 3 is 2.47 bits per heavy atom. The van der Waals surface area contributed by atoms with E-state index < -0.39 is 5.97 Å². The lowest BCUT2D eigenvalue weighted by Gasteiger charge is -2.03. The van der Waals surface area contributed by atoms with E-state index in [0.717, 1.165) is 12.0 Å². The lowest BCUT2D eigenvalue weighted by molar-refractivity contribution is -0.132. The highest BCUT2D eigenvalue weighted by Crippen LogP contribution is 2.09. The van der Waals surface area contributed by atoms with E-state index in [-0.39, 0.29) is 5.57 Å². The molecule has 0 amide bonds. The van der Waals surface area contributed by atoms with Gasteiger partial charge in [0.1, 0.15) is 0 Å². The third kappa shape index (κ3) is 4.44. The van der Waals surface area contributed by atoms with Crippen molar-refractivity contribution in [3.63, 3.8) is 0 Å². The van der Waals surface area contributed by atoms with Crippen LogP contribution in [0.1, 0.15) is 27.2 Å². The summed E-state index contributed by atoms with van der Waals surface area (Å²) in [6, 6.07) is 0. The lowest BCUT2D eigenvalue weighted by Crippen LogP contribution is -2.01. The van der Waals surface area contributed by atoms with Crippen molar-refractivity contribution in [1.29, 1.82) is 0 Å². The fourth-order valence-corrected chi connectivity index (χ4v) is 0.870. The van der Waals surface area contributed by atoms with Gasteiger partial charge in [0.15, 0.2) is 0 Å². The summed E-state index contributed by atoms with van der Waals surface area (Å²) in [5.41, 5.74) is 1.13. The zero-order valence-corrected chi connectivity index (χ0v) is 9.57.